The van der Waals surface area contributed by atoms with Gasteiger partial charge in [-0.15, -0.1) is 5.10 Å². The summed E-state index contributed by atoms with van der Waals surface area (Å²) in [6, 6.07) is 23.3. The molecular weight excluding hydrogens is 552 g/mol. The second kappa shape index (κ2) is 11.4. The molecule has 6 rings (SSSR count). The van der Waals surface area contributed by atoms with Gasteiger partial charge in [-0.3, -0.25) is 14.9 Å². The Bertz CT molecular complexity index is 2040. The Morgan fingerprint density at radius 2 is 1.74 bits per heavy atom. The van der Waals surface area contributed by atoms with Crippen molar-refractivity contribution in [1.29, 1.82) is 0 Å². The number of thiazole rings is 1. The lowest BCUT2D eigenvalue weighted by molar-refractivity contribution is -0.384. The number of hydrogen-bond donors (Lipinski definition) is 0. The van der Waals surface area contributed by atoms with Crippen LogP contribution in [0.25, 0.3) is 40.1 Å². The quantitative estimate of drug-likeness (QED) is 0.132. The Balaban J connectivity index is 1.32. The Morgan fingerprint density at radius 1 is 0.976 bits per heavy atom. The summed E-state index contributed by atoms with van der Waals surface area (Å²) >= 11 is 1.24. The fraction of sp³-hybridized carbons (Fsp3) is 0.0323. The first-order valence-corrected chi connectivity index (χ1v) is 13.6. The van der Waals surface area contributed by atoms with Crippen molar-refractivity contribution >= 4 is 40.2 Å². The number of ether oxygens (including phenoxy) is 1. The molecule has 0 atom stereocenters. The van der Waals surface area contributed by atoms with E-state index in [-0.39, 0.29) is 11.2 Å². The van der Waals surface area contributed by atoms with Crippen molar-refractivity contribution < 1.29 is 9.66 Å². The van der Waals surface area contributed by atoms with Gasteiger partial charge in [0.2, 0.25) is 4.96 Å². The maximum absolute atomic E-state index is 13.3. The van der Waals surface area contributed by atoms with Gasteiger partial charge in [-0.25, -0.2) is 4.68 Å². The van der Waals surface area contributed by atoms with E-state index in [1.54, 1.807) is 41.2 Å². The highest BCUT2D eigenvalue weighted by Crippen LogP contribution is 2.25. The van der Waals surface area contributed by atoms with E-state index in [4.69, 9.17) is 9.84 Å². The smallest absolute Gasteiger partial charge is 0.291 e. The molecule has 0 aliphatic rings. The van der Waals surface area contributed by atoms with Crippen molar-refractivity contribution in [3.63, 3.8) is 0 Å². The molecular formula is C31H22N6O4S. The molecule has 0 fully saturated rings. The number of nitro groups is 1. The van der Waals surface area contributed by atoms with Gasteiger partial charge >= 0.3 is 0 Å². The average Bonchev–Trinajstić information content (AvgIpc) is 3.70. The molecule has 206 valence electrons. The topological polar surface area (TPSA) is 117 Å². The predicted molar refractivity (Wildman–Crippen MR) is 163 cm³/mol. The molecule has 10 nitrogen and oxygen atoms in total. The van der Waals surface area contributed by atoms with Crippen molar-refractivity contribution in [2.24, 2.45) is 0 Å². The number of nitro benzene ring substituents is 1. The molecule has 0 amide bonds. The van der Waals surface area contributed by atoms with Crippen molar-refractivity contribution in [1.82, 2.24) is 24.4 Å². The van der Waals surface area contributed by atoms with Crippen LogP contribution in [0.3, 0.4) is 0 Å². The second-order valence-electron chi connectivity index (χ2n) is 9.10. The van der Waals surface area contributed by atoms with Gasteiger partial charge in [-0.1, -0.05) is 72.5 Å². The van der Waals surface area contributed by atoms with Crippen molar-refractivity contribution in [3.05, 3.63) is 140 Å². The minimum atomic E-state index is -0.446. The van der Waals surface area contributed by atoms with Crippen LogP contribution in [0.15, 0.2) is 103 Å². The molecule has 0 saturated heterocycles. The zero-order valence-electron chi connectivity index (χ0n) is 22.0. The van der Waals surface area contributed by atoms with E-state index in [2.05, 4.69) is 16.7 Å². The van der Waals surface area contributed by atoms with Gasteiger partial charge in [0.15, 0.2) is 5.82 Å². The van der Waals surface area contributed by atoms with Crippen LogP contribution in [-0.2, 0) is 0 Å². The number of aromatic nitrogens is 5. The van der Waals surface area contributed by atoms with Crippen LogP contribution < -0.4 is 14.8 Å². The molecule has 0 N–H and O–H groups in total. The predicted octanol–water partition coefficient (Wildman–Crippen LogP) is 5.19. The third-order valence-corrected chi connectivity index (χ3v) is 7.23. The maximum Gasteiger partial charge on any atom is 0.291 e. The summed E-state index contributed by atoms with van der Waals surface area (Å²) in [4.78, 5) is 28.9. The molecule has 0 saturated carbocycles. The maximum atomic E-state index is 13.3. The summed E-state index contributed by atoms with van der Waals surface area (Å²) in [6.45, 7) is 4.08. The van der Waals surface area contributed by atoms with Crippen LogP contribution in [-0.4, -0.2) is 35.9 Å². The van der Waals surface area contributed by atoms with Crippen molar-refractivity contribution in [2.75, 3.05) is 6.61 Å². The van der Waals surface area contributed by atoms with Crippen LogP contribution in [0.1, 0.15) is 17.0 Å². The Kier molecular flexibility index (Phi) is 7.22. The van der Waals surface area contributed by atoms with Gasteiger partial charge < -0.3 is 4.74 Å². The van der Waals surface area contributed by atoms with E-state index in [1.165, 1.54) is 28.0 Å². The fourth-order valence-corrected chi connectivity index (χ4v) is 5.14. The molecule has 0 radical (unpaired) electrons. The number of fused-ring (bicyclic) bond motifs is 1. The number of rotatable bonds is 9. The van der Waals surface area contributed by atoms with E-state index in [0.29, 0.717) is 38.9 Å². The zero-order chi connectivity index (χ0) is 29.1. The molecule has 3 aromatic carbocycles. The summed E-state index contributed by atoms with van der Waals surface area (Å²) in [5.74, 6) is 1.18. The highest BCUT2D eigenvalue weighted by Gasteiger charge is 2.14. The minimum Gasteiger partial charge on any atom is -0.490 e. The van der Waals surface area contributed by atoms with Gasteiger partial charge in [0.1, 0.15) is 12.4 Å². The summed E-state index contributed by atoms with van der Waals surface area (Å²) in [5.41, 5.74) is 3.54. The van der Waals surface area contributed by atoms with E-state index in [9.17, 15) is 14.9 Å². The van der Waals surface area contributed by atoms with Crippen LogP contribution >= 0.6 is 11.3 Å². The number of benzene rings is 3. The molecule has 42 heavy (non-hydrogen) atoms. The first-order chi connectivity index (χ1) is 20.5. The summed E-state index contributed by atoms with van der Waals surface area (Å²) in [7, 11) is 0. The lowest BCUT2D eigenvalue weighted by Gasteiger charge is -2.02. The number of non-ortho nitro benzene ring substituents is 1. The van der Waals surface area contributed by atoms with Crippen molar-refractivity contribution in [2.45, 2.75) is 0 Å². The van der Waals surface area contributed by atoms with E-state index in [1.807, 2.05) is 60.7 Å². The highest BCUT2D eigenvalue weighted by molar-refractivity contribution is 7.15. The van der Waals surface area contributed by atoms with Crippen molar-refractivity contribution in [3.8, 4) is 22.7 Å². The zero-order valence-corrected chi connectivity index (χ0v) is 22.8. The van der Waals surface area contributed by atoms with E-state index in [0.717, 1.165) is 16.9 Å². The van der Waals surface area contributed by atoms with Gasteiger partial charge in [-0.2, -0.15) is 14.6 Å². The van der Waals surface area contributed by atoms with E-state index < -0.39 is 4.92 Å². The molecule has 0 bridgehead atoms. The Morgan fingerprint density at radius 3 is 2.43 bits per heavy atom. The third kappa shape index (κ3) is 5.49. The molecule has 0 aliphatic heterocycles. The Labute approximate surface area is 242 Å². The number of nitrogens with zero attached hydrogens (tertiary/aromatic N) is 6. The largest absolute Gasteiger partial charge is 0.490 e. The molecule has 0 unspecified atom stereocenters. The van der Waals surface area contributed by atoms with Crippen LogP contribution in [0.4, 0.5) is 5.69 Å². The molecule has 3 aromatic heterocycles. The van der Waals surface area contributed by atoms with Crippen LogP contribution in [0, 0.1) is 10.1 Å². The highest BCUT2D eigenvalue weighted by atomic mass is 32.1. The summed E-state index contributed by atoms with van der Waals surface area (Å²) in [5, 5.41) is 20.2. The minimum absolute atomic E-state index is 0.00706. The first kappa shape index (κ1) is 26.5. The first-order valence-electron chi connectivity index (χ1n) is 12.8. The van der Waals surface area contributed by atoms with Gasteiger partial charge in [0.25, 0.3) is 11.2 Å². The van der Waals surface area contributed by atoms with Gasteiger partial charge in [-0.05, 0) is 42.0 Å². The average molecular weight is 575 g/mol. The standard InChI is InChI=1S/C31H22N6O4S/c1-2-18-41-26-15-8-21(9-16-26)10-17-28-32-31-36(33-28)30(38)27(42-31)19-23-20-35(24-11-13-25(14-12-24)37(39)40)34-29(23)22-6-4-3-5-7-22/h2-17,19-20H,1,18H2/b17-10+,27-19-. The SMILES string of the molecule is C=CCOc1ccc(/C=C/c2nc3s/c(=C\c4cn(-c5ccc([N+](=O)[O-])cc5)nc4-c4ccccc4)c(=O)n3n2)cc1. The molecule has 11 heteroatoms. The number of hydrogen-bond acceptors (Lipinski definition) is 8. The summed E-state index contributed by atoms with van der Waals surface area (Å²) in [6.07, 6.45) is 8.87. The van der Waals surface area contributed by atoms with Crippen LogP contribution in [0.2, 0.25) is 0 Å². The van der Waals surface area contributed by atoms with Crippen LogP contribution in [0.5, 0.6) is 5.75 Å². The van der Waals surface area contributed by atoms with E-state index >= 15 is 0 Å². The molecule has 6 aromatic rings. The Hall–Kier alpha value is -5.68. The second-order valence-corrected chi connectivity index (χ2v) is 10.1. The monoisotopic (exact) mass is 574 g/mol. The molecule has 3 heterocycles. The van der Waals surface area contributed by atoms with Gasteiger partial charge in [0.05, 0.1) is 20.8 Å². The summed E-state index contributed by atoms with van der Waals surface area (Å²) < 4.78 is 8.89. The normalized spacial score (nSPS) is 11.9. The molecule has 0 aliphatic carbocycles. The third-order valence-electron chi connectivity index (χ3n) is 6.27. The van der Waals surface area contributed by atoms with Gasteiger partial charge in [0, 0.05) is 29.5 Å². The fourth-order valence-electron chi connectivity index (χ4n) is 4.23. The lowest BCUT2D eigenvalue weighted by atomic mass is 10.1. The molecule has 0 spiro atoms. The lowest BCUT2D eigenvalue weighted by Crippen LogP contribution is -2.23.